The molecule has 150 valence electrons. The lowest BCUT2D eigenvalue weighted by atomic mass is 9.97. The highest BCUT2D eigenvalue weighted by molar-refractivity contribution is 7.89. The van der Waals surface area contributed by atoms with Crippen molar-refractivity contribution in [2.45, 2.75) is 45.1 Å². The number of nitrogens with one attached hydrogen (secondary N) is 1. The largest absolute Gasteiger partial charge is 0.352 e. The van der Waals surface area contributed by atoms with Gasteiger partial charge in [-0.25, -0.2) is 8.42 Å². The van der Waals surface area contributed by atoms with Crippen LogP contribution in [0, 0.1) is 26.7 Å². The van der Waals surface area contributed by atoms with Crippen LogP contribution in [-0.4, -0.2) is 31.7 Å². The Morgan fingerprint density at radius 2 is 1.71 bits per heavy atom. The minimum absolute atomic E-state index is 0.00631. The first-order valence-corrected chi connectivity index (χ1v) is 11.1. The van der Waals surface area contributed by atoms with Crippen LogP contribution in [0.1, 0.15) is 35.1 Å². The molecule has 0 saturated carbocycles. The summed E-state index contributed by atoms with van der Waals surface area (Å²) >= 11 is 0. The fraction of sp³-hybridized carbons (Fsp3) is 0.409. The van der Waals surface area contributed by atoms with Crippen LogP contribution in [0.3, 0.4) is 0 Å². The van der Waals surface area contributed by atoms with Crippen molar-refractivity contribution in [2.24, 2.45) is 5.92 Å². The van der Waals surface area contributed by atoms with Crippen molar-refractivity contribution < 1.29 is 13.2 Å². The Balaban J connectivity index is 1.59. The number of sulfonamides is 1. The highest BCUT2D eigenvalue weighted by Crippen LogP contribution is 2.26. The van der Waals surface area contributed by atoms with Gasteiger partial charge in [0.05, 0.1) is 4.90 Å². The fourth-order valence-corrected chi connectivity index (χ4v) is 5.40. The first-order chi connectivity index (χ1) is 13.3. The van der Waals surface area contributed by atoms with E-state index in [9.17, 15) is 13.2 Å². The first kappa shape index (κ1) is 20.6. The van der Waals surface area contributed by atoms with Crippen LogP contribution in [0.2, 0.25) is 0 Å². The van der Waals surface area contributed by atoms with Crippen LogP contribution >= 0.6 is 0 Å². The molecule has 3 rings (SSSR count). The summed E-state index contributed by atoms with van der Waals surface area (Å²) in [5.74, 6) is -0.138. The second-order valence-corrected chi connectivity index (χ2v) is 9.50. The van der Waals surface area contributed by atoms with E-state index in [0.29, 0.717) is 37.4 Å². The highest BCUT2D eigenvalue weighted by atomic mass is 32.2. The zero-order valence-corrected chi connectivity index (χ0v) is 17.6. The molecule has 0 aromatic heterocycles. The lowest BCUT2D eigenvalue weighted by molar-refractivity contribution is -0.126. The van der Waals surface area contributed by atoms with E-state index in [1.54, 1.807) is 6.07 Å². The molecular weight excluding hydrogens is 372 g/mol. The number of carbonyl (C=O) groups is 1. The molecule has 2 aromatic carbocycles. The Morgan fingerprint density at radius 3 is 2.36 bits per heavy atom. The van der Waals surface area contributed by atoms with Crippen LogP contribution < -0.4 is 5.32 Å². The van der Waals surface area contributed by atoms with Gasteiger partial charge in [-0.3, -0.25) is 4.79 Å². The van der Waals surface area contributed by atoms with E-state index in [1.807, 2.05) is 57.2 Å². The van der Waals surface area contributed by atoms with Crippen molar-refractivity contribution >= 4 is 15.9 Å². The monoisotopic (exact) mass is 400 g/mol. The minimum atomic E-state index is -3.52. The number of rotatable bonds is 5. The Morgan fingerprint density at radius 1 is 1.04 bits per heavy atom. The molecule has 0 radical (unpaired) electrons. The molecule has 1 heterocycles. The molecule has 1 aliphatic heterocycles. The topological polar surface area (TPSA) is 66.5 Å². The lowest BCUT2D eigenvalue weighted by Crippen LogP contribution is -2.43. The SMILES string of the molecule is Cc1ccc(S(=O)(=O)N2CCC(C(=O)NCc3ccccc3C)CC2)c(C)c1. The van der Waals surface area contributed by atoms with Gasteiger partial charge in [-0.15, -0.1) is 0 Å². The fourth-order valence-electron chi connectivity index (χ4n) is 3.72. The van der Waals surface area contributed by atoms with Gasteiger partial charge in [-0.1, -0.05) is 42.0 Å². The molecule has 0 atom stereocenters. The Kier molecular flexibility index (Phi) is 6.20. The molecule has 6 heteroatoms. The lowest BCUT2D eigenvalue weighted by Gasteiger charge is -2.31. The number of nitrogens with zero attached hydrogens (tertiary/aromatic N) is 1. The summed E-state index contributed by atoms with van der Waals surface area (Å²) in [6.45, 7) is 7.05. The third-order valence-electron chi connectivity index (χ3n) is 5.49. The standard InChI is InChI=1S/C22H28N2O3S/c1-16-8-9-21(18(3)14-16)28(26,27)24-12-10-19(11-13-24)22(25)23-15-20-7-5-4-6-17(20)2/h4-9,14,19H,10-13,15H2,1-3H3,(H,23,25). The molecule has 1 amide bonds. The van der Waals surface area contributed by atoms with Crippen molar-refractivity contribution in [2.75, 3.05) is 13.1 Å². The Hall–Kier alpha value is -2.18. The van der Waals surface area contributed by atoms with Gasteiger partial charge in [0, 0.05) is 25.6 Å². The van der Waals surface area contributed by atoms with Crippen LogP contribution in [0.4, 0.5) is 0 Å². The van der Waals surface area contributed by atoms with Crippen molar-refractivity contribution in [3.8, 4) is 0 Å². The van der Waals surface area contributed by atoms with Crippen molar-refractivity contribution in [3.05, 3.63) is 64.7 Å². The normalized spacial score (nSPS) is 16.1. The summed E-state index contributed by atoms with van der Waals surface area (Å²) in [5.41, 5.74) is 4.06. The molecule has 0 unspecified atom stereocenters. The molecule has 28 heavy (non-hydrogen) atoms. The summed E-state index contributed by atoms with van der Waals surface area (Å²) in [6.07, 6.45) is 1.09. The summed E-state index contributed by atoms with van der Waals surface area (Å²) in [7, 11) is -3.52. The maximum absolute atomic E-state index is 13.0. The molecule has 1 saturated heterocycles. The second kappa shape index (κ2) is 8.45. The Bertz CT molecular complexity index is 961. The predicted molar refractivity (Wildman–Crippen MR) is 110 cm³/mol. The highest BCUT2D eigenvalue weighted by Gasteiger charge is 2.32. The van der Waals surface area contributed by atoms with E-state index < -0.39 is 10.0 Å². The van der Waals surface area contributed by atoms with E-state index in [1.165, 1.54) is 4.31 Å². The second-order valence-electron chi connectivity index (χ2n) is 7.59. The van der Waals surface area contributed by atoms with Gasteiger partial charge in [-0.2, -0.15) is 4.31 Å². The number of piperidine rings is 1. The molecule has 2 aromatic rings. The third kappa shape index (κ3) is 4.45. The van der Waals surface area contributed by atoms with Gasteiger partial charge < -0.3 is 5.32 Å². The van der Waals surface area contributed by atoms with Crippen molar-refractivity contribution in [1.29, 1.82) is 0 Å². The van der Waals surface area contributed by atoms with Crippen molar-refractivity contribution in [1.82, 2.24) is 9.62 Å². The number of hydrogen-bond donors (Lipinski definition) is 1. The number of carbonyl (C=O) groups excluding carboxylic acids is 1. The molecule has 1 aliphatic rings. The molecule has 0 spiro atoms. The van der Waals surface area contributed by atoms with E-state index in [4.69, 9.17) is 0 Å². The Labute approximate surface area is 167 Å². The van der Waals surface area contributed by atoms with E-state index in [-0.39, 0.29) is 11.8 Å². The molecule has 0 bridgehead atoms. The summed E-state index contributed by atoms with van der Waals surface area (Å²) in [4.78, 5) is 12.9. The summed E-state index contributed by atoms with van der Waals surface area (Å²) in [5, 5.41) is 3.00. The van der Waals surface area contributed by atoms with Crippen LogP contribution in [0.15, 0.2) is 47.4 Å². The van der Waals surface area contributed by atoms with Gasteiger partial charge in [0.2, 0.25) is 15.9 Å². The number of amides is 1. The van der Waals surface area contributed by atoms with Gasteiger partial charge in [0.1, 0.15) is 0 Å². The quantitative estimate of drug-likeness (QED) is 0.837. The smallest absolute Gasteiger partial charge is 0.243 e. The molecule has 0 aliphatic carbocycles. The van der Waals surface area contributed by atoms with E-state index in [2.05, 4.69) is 5.32 Å². The maximum atomic E-state index is 13.0. The van der Waals surface area contributed by atoms with Gasteiger partial charge in [-0.05, 0) is 56.4 Å². The van der Waals surface area contributed by atoms with Crippen LogP contribution in [0.5, 0.6) is 0 Å². The van der Waals surface area contributed by atoms with Gasteiger partial charge in [0.15, 0.2) is 0 Å². The van der Waals surface area contributed by atoms with E-state index >= 15 is 0 Å². The van der Waals surface area contributed by atoms with Gasteiger partial charge in [0.25, 0.3) is 0 Å². The molecule has 5 nitrogen and oxygen atoms in total. The average Bonchev–Trinajstić information content (AvgIpc) is 2.67. The third-order valence-corrected chi connectivity index (χ3v) is 7.55. The minimum Gasteiger partial charge on any atom is -0.352 e. The predicted octanol–water partition coefficient (Wildman–Crippen LogP) is 3.33. The number of benzene rings is 2. The molecule has 1 fully saturated rings. The molecular formula is C22H28N2O3S. The van der Waals surface area contributed by atoms with E-state index in [0.717, 1.165) is 22.3 Å². The zero-order valence-electron chi connectivity index (χ0n) is 16.7. The average molecular weight is 401 g/mol. The number of aryl methyl sites for hydroxylation is 3. The summed E-state index contributed by atoms with van der Waals surface area (Å²) < 4.78 is 27.4. The van der Waals surface area contributed by atoms with Gasteiger partial charge >= 0.3 is 0 Å². The maximum Gasteiger partial charge on any atom is 0.243 e. The zero-order chi connectivity index (χ0) is 20.3. The van der Waals surface area contributed by atoms with Crippen LogP contribution in [-0.2, 0) is 21.4 Å². The van der Waals surface area contributed by atoms with Crippen LogP contribution in [0.25, 0.3) is 0 Å². The summed E-state index contributed by atoms with van der Waals surface area (Å²) in [6, 6.07) is 13.4. The number of hydrogen-bond acceptors (Lipinski definition) is 3. The molecule has 1 N–H and O–H groups in total. The first-order valence-electron chi connectivity index (χ1n) is 9.68. The van der Waals surface area contributed by atoms with Crippen molar-refractivity contribution in [3.63, 3.8) is 0 Å².